The second-order valence-electron chi connectivity index (χ2n) is 4.79. The van der Waals surface area contributed by atoms with Crippen LogP contribution in [0.25, 0.3) is 0 Å². The molecule has 102 valence electrons. The number of hydrogen-bond donors (Lipinski definition) is 1. The lowest BCUT2D eigenvalue weighted by Crippen LogP contribution is -2.46. The average Bonchev–Trinajstić information content (AvgIpc) is 2.78. The van der Waals surface area contributed by atoms with Crippen LogP contribution in [0.3, 0.4) is 0 Å². The molecule has 0 bridgehead atoms. The molecule has 0 saturated carbocycles. The van der Waals surface area contributed by atoms with Crippen molar-refractivity contribution in [3.63, 3.8) is 0 Å². The van der Waals surface area contributed by atoms with E-state index in [1.165, 1.54) is 4.88 Å². The maximum Gasteiger partial charge on any atom is 0.239 e. The van der Waals surface area contributed by atoms with Gasteiger partial charge < -0.3 is 10.6 Å². The summed E-state index contributed by atoms with van der Waals surface area (Å²) in [5, 5.41) is 1.07. The Labute approximate surface area is 113 Å². The van der Waals surface area contributed by atoms with Crippen molar-refractivity contribution >= 4 is 17.2 Å². The Hall–Kier alpha value is -0.940. The maximum absolute atomic E-state index is 12.1. The quantitative estimate of drug-likeness (QED) is 0.857. The SMILES string of the molecule is CCC(C)C(N)C(=O)N(C)CCc1ncc(C)s1. The molecule has 0 aliphatic heterocycles. The Balaban J connectivity index is 2.45. The first-order valence-electron chi connectivity index (χ1n) is 6.37. The molecule has 1 amide bonds. The highest BCUT2D eigenvalue weighted by Gasteiger charge is 2.22. The van der Waals surface area contributed by atoms with Gasteiger partial charge in [0.15, 0.2) is 0 Å². The van der Waals surface area contributed by atoms with Crippen LogP contribution in [0, 0.1) is 12.8 Å². The molecule has 2 N–H and O–H groups in total. The number of aryl methyl sites for hydroxylation is 1. The molecular weight excluding hydrogens is 246 g/mol. The number of nitrogens with two attached hydrogens (primary N) is 1. The minimum Gasteiger partial charge on any atom is -0.344 e. The first kappa shape index (κ1) is 15.1. The molecule has 0 aliphatic carbocycles. The second-order valence-corrected chi connectivity index (χ2v) is 6.11. The van der Waals surface area contributed by atoms with Gasteiger partial charge in [-0.25, -0.2) is 4.98 Å². The summed E-state index contributed by atoms with van der Waals surface area (Å²) in [6, 6.07) is -0.391. The molecule has 0 spiro atoms. The summed E-state index contributed by atoms with van der Waals surface area (Å²) in [7, 11) is 1.81. The third kappa shape index (κ3) is 4.07. The van der Waals surface area contributed by atoms with E-state index in [9.17, 15) is 4.79 Å². The van der Waals surface area contributed by atoms with Gasteiger partial charge in [0, 0.05) is 31.1 Å². The van der Waals surface area contributed by atoms with Crippen molar-refractivity contribution in [2.45, 2.75) is 39.7 Å². The first-order chi connectivity index (χ1) is 8.45. The standard InChI is InChI=1S/C13H23N3OS/c1-5-9(2)12(14)13(17)16(4)7-6-11-15-8-10(3)18-11/h8-9,12H,5-7,14H2,1-4H3. The van der Waals surface area contributed by atoms with E-state index in [1.54, 1.807) is 16.2 Å². The molecular formula is C13H23N3OS. The van der Waals surface area contributed by atoms with E-state index in [2.05, 4.69) is 11.9 Å². The van der Waals surface area contributed by atoms with E-state index in [-0.39, 0.29) is 11.8 Å². The Kier molecular flexibility index (Phi) is 5.75. The van der Waals surface area contributed by atoms with Crippen LogP contribution in [0.5, 0.6) is 0 Å². The summed E-state index contributed by atoms with van der Waals surface area (Å²) in [6.07, 6.45) is 3.59. The first-order valence-corrected chi connectivity index (χ1v) is 7.19. The van der Waals surface area contributed by atoms with E-state index >= 15 is 0 Å². The number of amides is 1. The van der Waals surface area contributed by atoms with Gasteiger partial charge in [-0.3, -0.25) is 4.79 Å². The third-order valence-electron chi connectivity index (χ3n) is 3.25. The summed E-state index contributed by atoms with van der Waals surface area (Å²) in [4.78, 5) is 19.3. The zero-order chi connectivity index (χ0) is 13.7. The molecule has 0 aliphatic rings. The van der Waals surface area contributed by atoms with Crippen molar-refractivity contribution in [3.05, 3.63) is 16.1 Å². The molecule has 2 atom stereocenters. The Morgan fingerprint density at radius 2 is 2.28 bits per heavy atom. The number of carbonyl (C=O) groups is 1. The van der Waals surface area contributed by atoms with Gasteiger partial charge >= 0.3 is 0 Å². The topological polar surface area (TPSA) is 59.2 Å². The molecule has 18 heavy (non-hydrogen) atoms. The van der Waals surface area contributed by atoms with Crippen molar-refractivity contribution in [1.29, 1.82) is 0 Å². The van der Waals surface area contributed by atoms with Crippen LogP contribution < -0.4 is 5.73 Å². The van der Waals surface area contributed by atoms with Crippen LogP contribution in [-0.4, -0.2) is 35.4 Å². The minimum absolute atomic E-state index is 0.0256. The van der Waals surface area contributed by atoms with E-state index in [4.69, 9.17) is 5.73 Å². The van der Waals surface area contributed by atoms with Crippen molar-refractivity contribution in [3.8, 4) is 0 Å². The monoisotopic (exact) mass is 269 g/mol. The Morgan fingerprint density at radius 1 is 1.61 bits per heavy atom. The highest BCUT2D eigenvalue weighted by molar-refractivity contribution is 7.11. The summed E-state index contributed by atoms with van der Waals surface area (Å²) >= 11 is 1.68. The fourth-order valence-electron chi connectivity index (χ4n) is 1.64. The number of aromatic nitrogens is 1. The lowest BCUT2D eigenvalue weighted by molar-refractivity contribution is -0.132. The predicted molar refractivity (Wildman–Crippen MR) is 75.6 cm³/mol. The van der Waals surface area contributed by atoms with Crippen LogP contribution in [-0.2, 0) is 11.2 Å². The fraction of sp³-hybridized carbons (Fsp3) is 0.692. The normalized spacial score (nSPS) is 14.3. The Bertz CT molecular complexity index is 391. The molecule has 1 aromatic heterocycles. The highest BCUT2D eigenvalue weighted by atomic mass is 32.1. The van der Waals surface area contributed by atoms with Crippen molar-refractivity contribution < 1.29 is 4.79 Å². The number of hydrogen-bond acceptors (Lipinski definition) is 4. The number of nitrogens with zero attached hydrogens (tertiary/aromatic N) is 2. The molecule has 2 unspecified atom stereocenters. The smallest absolute Gasteiger partial charge is 0.239 e. The van der Waals surface area contributed by atoms with Crippen LogP contribution in [0.15, 0.2) is 6.20 Å². The zero-order valence-corrected chi connectivity index (χ0v) is 12.5. The molecule has 0 radical (unpaired) electrons. The lowest BCUT2D eigenvalue weighted by atomic mass is 9.99. The lowest BCUT2D eigenvalue weighted by Gasteiger charge is -2.24. The molecule has 0 fully saturated rings. The van der Waals surface area contributed by atoms with Crippen LogP contribution in [0.2, 0.25) is 0 Å². The number of carbonyl (C=O) groups excluding carboxylic acids is 1. The molecule has 4 nitrogen and oxygen atoms in total. The van der Waals surface area contributed by atoms with E-state index in [0.29, 0.717) is 6.54 Å². The van der Waals surface area contributed by atoms with Gasteiger partial charge in [0.2, 0.25) is 5.91 Å². The molecule has 1 rings (SSSR count). The van der Waals surface area contributed by atoms with Crippen molar-refractivity contribution in [2.24, 2.45) is 11.7 Å². The third-order valence-corrected chi connectivity index (χ3v) is 4.22. The maximum atomic E-state index is 12.1. The van der Waals surface area contributed by atoms with Crippen molar-refractivity contribution in [2.75, 3.05) is 13.6 Å². The van der Waals surface area contributed by atoms with E-state index in [1.807, 2.05) is 27.1 Å². The molecule has 0 saturated heterocycles. The van der Waals surface area contributed by atoms with Crippen LogP contribution in [0.4, 0.5) is 0 Å². The summed E-state index contributed by atoms with van der Waals surface area (Å²) < 4.78 is 0. The fourth-order valence-corrected chi connectivity index (χ4v) is 2.42. The molecule has 1 aromatic rings. The van der Waals surface area contributed by atoms with E-state index in [0.717, 1.165) is 17.8 Å². The number of likely N-dealkylation sites (N-methyl/N-ethyl adjacent to an activating group) is 1. The predicted octanol–water partition coefficient (Wildman–Crippen LogP) is 1.83. The summed E-state index contributed by atoms with van der Waals surface area (Å²) in [5.74, 6) is 0.250. The van der Waals surface area contributed by atoms with Gasteiger partial charge in [-0.2, -0.15) is 0 Å². The van der Waals surface area contributed by atoms with E-state index < -0.39 is 6.04 Å². The van der Waals surface area contributed by atoms with Gasteiger partial charge in [0.05, 0.1) is 11.0 Å². The average molecular weight is 269 g/mol. The van der Waals surface area contributed by atoms with Gasteiger partial charge in [-0.05, 0) is 12.8 Å². The molecule has 5 heteroatoms. The van der Waals surface area contributed by atoms with Crippen LogP contribution in [0.1, 0.15) is 30.2 Å². The van der Waals surface area contributed by atoms with Gasteiger partial charge in [0.25, 0.3) is 0 Å². The highest BCUT2D eigenvalue weighted by Crippen LogP contribution is 2.13. The molecule has 1 heterocycles. The summed E-state index contributed by atoms with van der Waals surface area (Å²) in [5.41, 5.74) is 5.94. The largest absolute Gasteiger partial charge is 0.344 e. The Morgan fingerprint density at radius 3 is 2.78 bits per heavy atom. The zero-order valence-electron chi connectivity index (χ0n) is 11.6. The minimum atomic E-state index is -0.391. The second kappa shape index (κ2) is 6.85. The van der Waals surface area contributed by atoms with Crippen molar-refractivity contribution in [1.82, 2.24) is 9.88 Å². The number of rotatable bonds is 6. The van der Waals surface area contributed by atoms with Gasteiger partial charge in [0.1, 0.15) is 0 Å². The van der Waals surface area contributed by atoms with Gasteiger partial charge in [-0.15, -0.1) is 11.3 Å². The molecule has 0 aromatic carbocycles. The van der Waals surface area contributed by atoms with Crippen LogP contribution >= 0.6 is 11.3 Å². The summed E-state index contributed by atoms with van der Waals surface area (Å²) in [6.45, 7) is 6.78. The van der Waals surface area contributed by atoms with Gasteiger partial charge in [-0.1, -0.05) is 20.3 Å². The number of thiazole rings is 1.